The number of rotatable bonds is 4. The summed E-state index contributed by atoms with van der Waals surface area (Å²) in [6.07, 6.45) is 1.76. The van der Waals surface area contributed by atoms with Crippen molar-refractivity contribution in [2.45, 2.75) is 18.4 Å². The van der Waals surface area contributed by atoms with Crippen LogP contribution in [0.2, 0.25) is 0 Å². The monoisotopic (exact) mass is 280 g/mol. The third-order valence-corrected chi connectivity index (χ3v) is 4.26. The summed E-state index contributed by atoms with van der Waals surface area (Å²) in [4.78, 5) is 0.198. The minimum atomic E-state index is -3.58. The first kappa shape index (κ1) is 13.6. The predicted octanol–water partition coefficient (Wildman–Crippen LogP) is 0.789. The van der Waals surface area contributed by atoms with E-state index in [1.165, 1.54) is 6.07 Å². The number of hydrogen-bond donors (Lipinski definition) is 2. The Kier molecular flexibility index (Phi) is 3.59. The zero-order chi connectivity index (χ0) is 14.0. The molecule has 2 rings (SSSR count). The number of aromatic nitrogens is 2. The minimum Gasteiger partial charge on any atom is -0.399 e. The zero-order valence-corrected chi connectivity index (χ0v) is 11.6. The van der Waals surface area contributed by atoms with Crippen molar-refractivity contribution < 1.29 is 8.42 Å². The highest BCUT2D eigenvalue weighted by Crippen LogP contribution is 2.18. The molecule has 2 aromatic rings. The highest BCUT2D eigenvalue weighted by atomic mass is 32.2. The smallest absolute Gasteiger partial charge is 0.241 e. The molecule has 7 heteroatoms. The largest absolute Gasteiger partial charge is 0.399 e. The average Bonchev–Trinajstić information content (AvgIpc) is 2.76. The fourth-order valence-electron chi connectivity index (χ4n) is 1.71. The third kappa shape index (κ3) is 3.12. The zero-order valence-electron chi connectivity index (χ0n) is 10.8. The SMILES string of the molecule is Cc1ccc(N)cc1S(=O)(=O)NCc1ccn(C)n1. The Morgan fingerprint density at radius 2 is 2.11 bits per heavy atom. The summed E-state index contributed by atoms with van der Waals surface area (Å²) < 4.78 is 28.5. The van der Waals surface area contributed by atoms with Crippen LogP contribution in [-0.4, -0.2) is 18.2 Å². The summed E-state index contributed by atoms with van der Waals surface area (Å²) >= 11 is 0. The lowest BCUT2D eigenvalue weighted by atomic mass is 10.2. The van der Waals surface area contributed by atoms with E-state index in [0.29, 0.717) is 16.9 Å². The number of hydrogen-bond acceptors (Lipinski definition) is 4. The van der Waals surface area contributed by atoms with Gasteiger partial charge in [0.05, 0.1) is 17.1 Å². The van der Waals surface area contributed by atoms with Crippen molar-refractivity contribution in [3.05, 3.63) is 41.7 Å². The Hall–Kier alpha value is -1.86. The molecule has 0 spiro atoms. The highest BCUT2D eigenvalue weighted by molar-refractivity contribution is 7.89. The molecule has 0 amide bonds. The molecule has 0 saturated heterocycles. The van der Waals surface area contributed by atoms with Crippen LogP contribution in [0, 0.1) is 6.92 Å². The molecule has 0 radical (unpaired) electrons. The van der Waals surface area contributed by atoms with Gasteiger partial charge in [-0.15, -0.1) is 0 Å². The second-order valence-electron chi connectivity index (χ2n) is 4.33. The number of aryl methyl sites for hydroxylation is 2. The third-order valence-electron chi connectivity index (χ3n) is 2.71. The Morgan fingerprint density at radius 3 is 2.74 bits per heavy atom. The first-order valence-electron chi connectivity index (χ1n) is 5.73. The lowest BCUT2D eigenvalue weighted by Crippen LogP contribution is -2.24. The molecule has 0 bridgehead atoms. The molecule has 0 saturated carbocycles. The second-order valence-corrected chi connectivity index (χ2v) is 6.07. The topological polar surface area (TPSA) is 90.0 Å². The molecule has 0 unspecified atom stereocenters. The molecule has 1 heterocycles. The van der Waals surface area contributed by atoms with E-state index in [1.54, 1.807) is 43.0 Å². The van der Waals surface area contributed by atoms with Gasteiger partial charge in [0.2, 0.25) is 10.0 Å². The minimum absolute atomic E-state index is 0.150. The highest BCUT2D eigenvalue weighted by Gasteiger charge is 2.17. The van der Waals surface area contributed by atoms with Crippen LogP contribution in [-0.2, 0) is 23.6 Å². The van der Waals surface area contributed by atoms with Gasteiger partial charge < -0.3 is 5.73 Å². The first-order valence-corrected chi connectivity index (χ1v) is 7.21. The Morgan fingerprint density at radius 1 is 1.37 bits per heavy atom. The van der Waals surface area contributed by atoms with Crippen LogP contribution < -0.4 is 10.5 Å². The average molecular weight is 280 g/mol. The second kappa shape index (κ2) is 5.02. The summed E-state index contributed by atoms with van der Waals surface area (Å²) in [6.45, 7) is 1.88. The van der Waals surface area contributed by atoms with E-state index in [4.69, 9.17) is 5.73 Å². The van der Waals surface area contributed by atoms with Crippen LogP contribution in [0.4, 0.5) is 5.69 Å². The molecule has 0 fully saturated rings. The van der Waals surface area contributed by atoms with Crippen molar-refractivity contribution >= 4 is 15.7 Å². The van der Waals surface area contributed by atoms with Crippen LogP contribution in [0.1, 0.15) is 11.3 Å². The number of sulfonamides is 1. The van der Waals surface area contributed by atoms with Gasteiger partial charge in [-0.3, -0.25) is 4.68 Å². The van der Waals surface area contributed by atoms with E-state index in [9.17, 15) is 8.42 Å². The molecule has 19 heavy (non-hydrogen) atoms. The molecule has 0 atom stereocenters. The Balaban J connectivity index is 2.20. The number of nitrogens with two attached hydrogens (primary N) is 1. The number of nitrogens with one attached hydrogen (secondary N) is 1. The van der Waals surface area contributed by atoms with Crippen LogP contribution in [0.25, 0.3) is 0 Å². The van der Waals surface area contributed by atoms with Crippen molar-refractivity contribution in [2.75, 3.05) is 5.73 Å². The summed E-state index contributed by atoms with van der Waals surface area (Å²) in [5, 5.41) is 4.11. The molecule has 0 aliphatic carbocycles. The van der Waals surface area contributed by atoms with Gasteiger partial charge in [-0.2, -0.15) is 5.10 Å². The Bertz CT molecular complexity index is 692. The van der Waals surface area contributed by atoms with E-state index >= 15 is 0 Å². The molecule has 0 aliphatic heterocycles. The van der Waals surface area contributed by atoms with Crippen molar-refractivity contribution in [3.63, 3.8) is 0 Å². The molecule has 102 valence electrons. The lowest BCUT2D eigenvalue weighted by Gasteiger charge is -2.09. The molecule has 1 aromatic carbocycles. The summed E-state index contributed by atoms with van der Waals surface area (Å²) in [5.41, 5.74) is 7.36. The summed E-state index contributed by atoms with van der Waals surface area (Å²) in [7, 11) is -1.80. The standard InChI is InChI=1S/C12H16N4O2S/c1-9-3-4-10(13)7-12(9)19(17,18)14-8-11-5-6-16(2)15-11/h3-7,14H,8,13H2,1-2H3. The van der Waals surface area contributed by atoms with Crippen LogP contribution in [0.3, 0.4) is 0 Å². The quantitative estimate of drug-likeness (QED) is 0.810. The number of benzene rings is 1. The van der Waals surface area contributed by atoms with E-state index in [2.05, 4.69) is 9.82 Å². The maximum Gasteiger partial charge on any atom is 0.241 e. The maximum atomic E-state index is 12.2. The number of anilines is 1. The number of nitrogens with zero attached hydrogens (tertiary/aromatic N) is 2. The molecule has 0 aliphatic rings. The van der Waals surface area contributed by atoms with Crippen LogP contribution >= 0.6 is 0 Å². The van der Waals surface area contributed by atoms with E-state index < -0.39 is 10.0 Å². The normalized spacial score (nSPS) is 11.7. The van der Waals surface area contributed by atoms with E-state index in [-0.39, 0.29) is 11.4 Å². The maximum absolute atomic E-state index is 12.2. The fraction of sp³-hybridized carbons (Fsp3) is 0.250. The van der Waals surface area contributed by atoms with Gasteiger partial charge in [0.15, 0.2) is 0 Å². The van der Waals surface area contributed by atoms with Crippen molar-refractivity contribution in [1.82, 2.24) is 14.5 Å². The van der Waals surface area contributed by atoms with Gasteiger partial charge in [-0.1, -0.05) is 6.07 Å². The van der Waals surface area contributed by atoms with E-state index in [1.807, 2.05) is 0 Å². The van der Waals surface area contributed by atoms with Crippen LogP contribution in [0.15, 0.2) is 35.4 Å². The fourth-order valence-corrected chi connectivity index (χ4v) is 2.99. The Labute approximate surface area is 112 Å². The molecule has 1 aromatic heterocycles. The van der Waals surface area contributed by atoms with Crippen molar-refractivity contribution in [2.24, 2.45) is 7.05 Å². The van der Waals surface area contributed by atoms with E-state index in [0.717, 1.165) is 0 Å². The predicted molar refractivity (Wildman–Crippen MR) is 72.8 cm³/mol. The van der Waals surface area contributed by atoms with Gasteiger partial charge in [-0.25, -0.2) is 13.1 Å². The summed E-state index contributed by atoms with van der Waals surface area (Å²) in [5.74, 6) is 0. The molecule has 3 N–H and O–H groups in total. The lowest BCUT2D eigenvalue weighted by molar-refractivity contribution is 0.579. The van der Waals surface area contributed by atoms with Crippen molar-refractivity contribution in [3.8, 4) is 0 Å². The summed E-state index contributed by atoms with van der Waals surface area (Å²) in [6, 6.07) is 6.57. The van der Waals surface area contributed by atoms with Gasteiger partial charge in [0.1, 0.15) is 0 Å². The molecular weight excluding hydrogens is 264 g/mol. The van der Waals surface area contributed by atoms with Gasteiger partial charge in [0, 0.05) is 18.9 Å². The van der Waals surface area contributed by atoms with Gasteiger partial charge in [-0.05, 0) is 30.7 Å². The van der Waals surface area contributed by atoms with Gasteiger partial charge >= 0.3 is 0 Å². The number of nitrogen functional groups attached to an aromatic ring is 1. The van der Waals surface area contributed by atoms with Crippen molar-refractivity contribution in [1.29, 1.82) is 0 Å². The van der Waals surface area contributed by atoms with Crippen LogP contribution in [0.5, 0.6) is 0 Å². The molecular formula is C12H16N4O2S. The first-order chi connectivity index (χ1) is 8.88. The molecule has 6 nitrogen and oxygen atoms in total. The van der Waals surface area contributed by atoms with Gasteiger partial charge in [0.25, 0.3) is 0 Å².